The van der Waals surface area contributed by atoms with Gasteiger partial charge in [-0.25, -0.2) is 4.79 Å². The maximum Gasteiger partial charge on any atom is 0.404 e. The van der Waals surface area contributed by atoms with Crippen LogP contribution in [-0.2, 0) is 10.5 Å². The van der Waals surface area contributed by atoms with Gasteiger partial charge in [0.1, 0.15) is 6.61 Å². The van der Waals surface area contributed by atoms with Crippen LogP contribution in [-0.4, -0.2) is 25.0 Å². The fourth-order valence-corrected chi connectivity index (χ4v) is 3.07. The highest BCUT2D eigenvalue weighted by atomic mass is 32.2. The Balaban J connectivity index is 1.88. The van der Waals surface area contributed by atoms with E-state index in [1.54, 1.807) is 0 Å². The minimum absolute atomic E-state index is 0.318. The smallest absolute Gasteiger partial charge is 0.404 e. The third kappa shape index (κ3) is 3.38. The summed E-state index contributed by atoms with van der Waals surface area (Å²) >= 11 is 1.92. The first-order chi connectivity index (χ1) is 8.27. The predicted octanol–water partition coefficient (Wildman–Crippen LogP) is 1.66. The molecule has 1 unspecified atom stereocenters. The van der Waals surface area contributed by atoms with E-state index in [0.29, 0.717) is 19.2 Å². The molecule has 0 fully saturated rings. The van der Waals surface area contributed by atoms with Crippen molar-refractivity contribution in [2.75, 3.05) is 18.9 Å². The predicted molar refractivity (Wildman–Crippen MR) is 68.9 cm³/mol. The largest absolute Gasteiger partial charge is 0.448 e. The second kappa shape index (κ2) is 5.93. The van der Waals surface area contributed by atoms with E-state index in [1.807, 2.05) is 11.8 Å². The van der Waals surface area contributed by atoms with E-state index >= 15 is 0 Å². The zero-order valence-corrected chi connectivity index (χ0v) is 10.3. The van der Waals surface area contributed by atoms with Gasteiger partial charge in [-0.15, -0.1) is 0 Å². The summed E-state index contributed by atoms with van der Waals surface area (Å²) < 4.78 is 4.69. The summed E-state index contributed by atoms with van der Waals surface area (Å²) in [6.45, 7) is 0.946. The number of rotatable bonds is 4. The van der Waals surface area contributed by atoms with Crippen molar-refractivity contribution in [3.05, 3.63) is 35.4 Å². The van der Waals surface area contributed by atoms with E-state index < -0.39 is 6.09 Å². The number of thioether (sulfide) groups is 1. The Bertz CT molecular complexity index is 398. The number of primary amides is 1. The fourth-order valence-electron chi connectivity index (χ4n) is 1.94. The van der Waals surface area contributed by atoms with Gasteiger partial charge in [-0.2, -0.15) is 11.8 Å². The molecule has 1 aromatic rings. The Labute approximate surface area is 105 Å². The molecule has 0 spiro atoms. The van der Waals surface area contributed by atoms with Crippen molar-refractivity contribution in [2.45, 2.75) is 11.8 Å². The monoisotopic (exact) mass is 252 g/mol. The lowest BCUT2D eigenvalue weighted by Crippen LogP contribution is -2.30. The van der Waals surface area contributed by atoms with Crippen LogP contribution in [0, 0.1) is 0 Å². The number of fused-ring (bicyclic) bond motifs is 1. The Morgan fingerprint density at radius 2 is 2.35 bits per heavy atom. The number of hydrogen-bond acceptors (Lipinski definition) is 4. The third-order valence-corrected chi connectivity index (χ3v) is 3.79. The molecule has 0 aliphatic carbocycles. The Morgan fingerprint density at radius 3 is 3.18 bits per heavy atom. The van der Waals surface area contributed by atoms with Gasteiger partial charge in [-0.3, -0.25) is 0 Å². The molecule has 0 radical (unpaired) electrons. The maximum atomic E-state index is 10.4. The first-order valence-corrected chi connectivity index (χ1v) is 6.74. The molecule has 3 N–H and O–H groups in total. The van der Waals surface area contributed by atoms with Gasteiger partial charge in [0, 0.05) is 24.1 Å². The SMILES string of the molecule is NC(=O)OCCNC1CSCc2ccccc21. The minimum Gasteiger partial charge on any atom is -0.448 e. The molecule has 0 saturated heterocycles. The molecule has 4 nitrogen and oxygen atoms in total. The van der Waals surface area contributed by atoms with Crippen molar-refractivity contribution in [3.63, 3.8) is 0 Å². The van der Waals surface area contributed by atoms with E-state index in [2.05, 4.69) is 29.6 Å². The number of benzene rings is 1. The van der Waals surface area contributed by atoms with Crippen molar-refractivity contribution in [1.82, 2.24) is 5.32 Å². The Hall–Kier alpha value is -1.20. The summed E-state index contributed by atoms with van der Waals surface area (Å²) in [5, 5.41) is 3.38. The number of ether oxygens (including phenoxy) is 1. The highest BCUT2D eigenvalue weighted by Crippen LogP contribution is 2.31. The van der Waals surface area contributed by atoms with Crippen LogP contribution in [0.25, 0.3) is 0 Å². The average Bonchev–Trinajstić information content (AvgIpc) is 2.34. The van der Waals surface area contributed by atoms with Gasteiger partial charge in [-0.05, 0) is 11.1 Å². The van der Waals surface area contributed by atoms with Crippen LogP contribution in [0.15, 0.2) is 24.3 Å². The fraction of sp³-hybridized carbons (Fsp3) is 0.417. The molecule has 1 aliphatic rings. The molecule has 92 valence electrons. The van der Waals surface area contributed by atoms with Crippen LogP contribution in [0.1, 0.15) is 17.2 Å². The number of amides is 1. The van der Waals surface area contributed by atoms with Crippen LogP contribution >= 0.6 is 11.8 Å². The van der Waals surface area contributed by atoms with Gasteiger partial charge in [0.15, 0.2) is 0 Å². The number of nitrogens with one attached hydrogen (secondary N) is 1. The van der Waals surface area contributed by atoms with Crippen molar-refractivity contribution in [1.29, 1.82) is 0 Å². The molecule has 1 heterocycles. The molecule has 5 heteroatoms. The van der Waals surface area contributed by atoms with Crippen molar-refractivity contribution in [3.8, 4) is 0 Å². The molecule has 17 heavy (non-hydrogen) atoms. The molecular formula is C12H16N2O2S. The summed E-state index contributed by atoms with van der Waals surface area (Å²) in [4.78, 5) is 10.4. The zero-order chi connectivity index (χ0) is 12.1. The third-order valence-electron chi connectivity index (χ3n) is 2.71. The summed E-state index contributed by atoms with van der Waals surface area (Å²) in [6.07, 6.45) is -0.717. The Kier molecular flexibility index (Phi) is 4.28. The van der Waals surface area contributed by atoms with Crippen LogP contribution in [0.4, 0.5) is 4.79 Å². The lowest BCUT2D eigenvalue weighted by molar-refractivity contribution is 0.156. The van der Waals surface area contributed by atoms with Gasteiger partial charge in [0.05, 0.1) is 0 Å². The summed E-state index contributed by atoms with van der Waals surface area (Å²) in [6, 6.07) is 8.78. The summed E-state index contributed by atoms with van der Waals surface area (Å²) in [5.41, 5.74) is 7.63. The van der Waals surface area contributed by atoms with Crippen LogP contribution in [0.3, 0.4) is 0 Å². The molecule has 0 aromatic heterocycles. The van der Waals surface area contributed by atoms with Crippen molar-refractivity contribution < 1.29 is 9.53 Å². The van der Waals surface area contributed by atoms with Gasteiger partial charge >= 0.3 is 6.09 Å². The first kappa shape index (κ1) is 12.3. The highest BCUT2D eigenvalue weighted by molar-refractivity contribution is 7.98. The van der Waals surface area contributed by atoms with Crippen molar-refractivity contribution >= 4 is 17.9 Å². The number of carbonyl (C=O) groups excluding carboxylic acids is 1. The van der Waals surface area contributed by atoms with E-state index in [0.717, 1.165) is 11.5 Å². The summed E-state index contributed by atoms with van der Waals surface area (Å²) in [7, 11) is 0. The maximum absolute atomic E-state index is 10.4. The normalized spacial score (nSPS) is 18.5. The molecule has 1 amide bonds. The van der Waals surface area contributed by atoms with E-state index in [1.165, 1.54) is 11.1 Å². The lowest BCUT2D eigenvalue weighted by Gasteiger charge is -2.26. The molecule has 1 atom stereocenters. The van der Waals surface area contributed by atoms with E-state index in [4.69, 9.17) is 10.5 Å². The topological polar surface area (TPSA) is 64.4 Å². The second-order valence-electron chi connectivity index (χ2n) is 3.89. The molecule has 0 saturated carbocycles. The number of nitrogens with two attached hydrogens (primary N) is 1. The second-order valence-corrected chi connectivity index (χ2v) is 4.92. The zero-order valence-electron chi connectivity index (χ0n) is 9.52. The lowest BCUT2D eigenvalue weighted by atomic mass is 10.0. The van der Waals surface area contributed by atoms with Crippen molar-refractivity contribution in [2.24, 2.45) is 5.73 Å². The number of hydrogen-bond donors (Lipinski definition) is 2. The van der Waals surface area contributed by atoms with Gasteiger partial charge in [0.25, 0.3) is 0 Å². The Morgan fingerprint density at radius 1 is 1.53 bits per heavy atom. The minimum atomic E-state index is -0.717. The van der Waals surface area contributed by atoms with Crippen LogP contribution < -0.4 is 11.1 Å². The van der Waals surface area contributed by atoms with Gasteiger partial charge in [-0.1, -0.05) is 24.3 Å². The number of carbonyl (C=O) groups is 1. The van der Waals surface area contributed by atoms with Gasteiger partial charge < -0.3 is 15.8 Å². The van der Waals surface area contributed by atoms with Crippen LogP contribution in [0.2, 0.25) is 0 Å². The van der Waals surface area contributed by atoms with E-state index in [-0.39, 0.29) is 0 Å². The molecular weight excluding hydrogens is 236 g/mol. The highest BCUT2D eigenvalue weighted by Gasteiger charge is 2.19. The van der Waals surface area contributed by atoms with Crippen LogP contribution in [0.5, 0.6) is 0 Å². The first-order valence-electron chi connectivity index (χ1n) is 5.58. The molecule has 0 bridgehead atoms. The average molecular weight is 252 g/mol. The van der Waals surface area contributed by atoms with Gasteiger partial charge in [0.2, 0.25) is 0 Å². The summed E-state index contributed by atoms with van der Waals surface area (Å²) in [5.74, 6) is 2.12. The molecule has 1 aromatic carbocycles. The van der Waals surface area contributed by atoms with E-state index in [9.17, 15) is 4.79 Å². The molecule has 2 rings (SSSR count). The standard InChI is InChI=1S/C12H16N2O2S/c13-12(15)16-6-5-14-11-8-17-7-9-3-1-2-4-10(9)11/h1-4,11,14H,5-8H2,(H2,13,15). The quantitative estimate of drug-likeness (QED) is 0.800. The molecule has 1 aliphatic heterocycles.